The maximum Gasteiger partial charge on any atom is 0.119 e. The van der Waals surface area contributed by atoms with Crippen LogP contribution < -0.4 is 10.1 Å². The third-order valence-corrected chi connectivity index (χ3v) is 3.45. The Morgan fingerprint density at radius 2 is 2.00 bits per heavy atom. The van der Waals surface area contributed by atoms with E-state index in [9.17, 15) is 0 Å². The highest BCUT2D eigenvalue weighted by molar-refractivity contribution is 5.27. The van der Waals surface area contributed by atoms with E-state index in [0.29, 0.717) is 0 Å². The summed E-state index contributed by atoms with van der Waals surface area (Å²) in [6.45, 7) is 7.46. The van der Waals surface area contributed by atoms with Crippen LogP contribution in [0.2, 0.25) is 0 Å². The van der Waals surface area contributed by atoms with Gasteiger partial charge in [0.25, 0.3) is 0 Å². The topological polar surface area (TPSA) is 24.5 Å². The number of nitrogens with one attached hydrogen (secondary N) is 1. The zero-order valence-corrected chi connectivity index (χ0v) is 11.5. The Kier molecular flexibility index (Phi) is 5.02. The lowest BCUT2D eigenvalue weighted by molar-refractivity contribution is 0.226. The van der Waals surface area contributed by atoms with Crippen molar-refractivity contribution in [3.63, 3.8) is 0 Å². The molecule has 3 heteroatoms. The summed E-state index contributed by atoms with van der Waals surface area (Å²) in [7, 11) is 2.22. The van der Waals surface area contributed by atoms with Crippen LogP contribution in [-0.4, -0.2) is 44.7 Å². The Balaban J connectivity index is 1.71. The summed E-state index contributed by atoms with van der Waals surface area (Å²) in [4.78, 5) is 2.43. The first kappa shape index (κ1) is 13.4. The third-order valence-electron chi connectivity index (χ3n) is 3.45. The van der Waals surface area contributed by atoms with Gasteiger partial charge in [-0.05, 0) is 44.0 Å². The second-order valence-corrected chi connectivity index (χ2v) is 5.11. The first-order valence-electron chi connectivity index (χ1n) is 6.89. The summed E-state index contributed by atoms with van der Waals surface area (Å²) in [6.07, 6.45) is 1.11. The molecule has 0 amide bonds. The van der Waals surface area contributed by atoms with Crippen molar-refractivity contribution in [2.75, 3.05) is 39.8 Å². The van der Waals surface area contributed by atoms with E-state index in [4.69, 9.17) is 4.74 Å². The van der Waals surface area contributed by atoms with E-state index in [-0.39, 0.29) is 0 Å². The molecule has 1 aliphatic rings. The molecule has 1 N–H and O–H groups in total. The Morgan fingerprint density at radius 3 is 2.56 bits per heavy atom. The summed E-state index contributed by atoms with van der Waals surface area (Å²) >= 11 is 0. The zero-order valence-electron chi connectivity index (χ0n) is 11.5. The van der Waals surface area contributed by atoms with Crippen LogP contribution in [0.1, 0.15) is 12.5 Å². The molecule has 1 heterocycles. The minimum absolute atomic E-state index is 0.734. The molecule has 1 aromatic rings. The molecule has 0 unspecified atom stereocenters. The van der Waals surface area contributed by atoms with Gasteiger partial charge in [-0.25, -0.2) is 0 Å². The van der Waals surface area contributed by atoms with Crippen LogP contribution in [0, 0.1) is 5.92 Å². The fraction of sp³-hybridized carbons (Fsp3) is 0.600. The Bertz CT molecular complexity index is 346. The molecule has 1 fully saturated rings. The quantitative estimate of drug-likeness (QED) is 0.796. The van der Waals surface area contributed by atoms with Gasteiger partial charge in [0.15, 0.2) is 0 Å². The minimum atomic E-state index is 0.734. The molecule has 3 nitrogen and oxygen atoms in total. The van der Waals surface area contributed by atoms with Crippen molar-refractivity contribution in [1.82, 2.24) is 10.2 Å². The predicted octanol–water partition coefficient (Wildman–Crippen LogP) is 1.78. The number of rotatable bonds is 7. The highest BCUT2D eigenvalue weighted by Crippen LogP contribution is 2.13. The standard InChI is InChI=1S/C15H24N2O/c1-3-18-15-6-4-13(5-7-15)8-9-17(2)12-14-10-16-11-14/h4-7,14,16H,3,8-12H2,1-2H3. The second kappa shape index (κ2) is 6.76. The molecule has 1 aliphatic heterocycles. The van der Waals surface area contributed by atoms with Crippen molar-refractivity contribution >= 4 is 0 Å². The second-order valence-electron chi connectivity index (χ2n) is 5.11. The molecule has 1 aromatic carbocycles. The van der Waals surface area contributed by atoms with E-state index in [0.717, 1.165) is 31.2 Å². The molecule has 0 aliphatic carbocycles. The number of hydrogen-bond acceptors (Lipinski definition) is 3. The van der Waals surface area contributed by atoms with Crippen molar-refractivity contribution in [3.8, 4) is 5.75 Å². The maximum atomic E-state index is 5.44. The first-order valence-corrected chi connectivity index (χ1v) is 6.89. The molecule has 100 valence electrons. The van der Waals surface area contributed by atoms with Crippen LogP contribution in [0.5, 0.6) is 5.75 Å². The third kappa shape index (κ3) is 4.00. The van der Waals surface area contributed by atoms with E-state index in [1.165, 1.54) is 25.2 Å². The number of likely N-dealkylation sites (N-methyl/N-ethyl adjacent to an activating group) is 1. The number of benzene rings is 1. The minimum Gasteiger partial charge on any atom is -0.494 e. The summed E-state index contributed by atoms with van der Waals surface area (Å²) in [6, 6.07) is 8.47. The fourth-order valence-electron chi connectivity index (χ4n) is 2.25. The Morgan fingerprint density at radius 1 is 1.28 bits per heavy atom. The SMILES string of the molecule is CCOc1ccc(CCN(C)CC2CNC2)cc1. The van der Waals surface area contributed by atoms with Crippen molar-refractivity contribution in [3.05, 3.63) is 29.8 Å². The largest absolute Gasteiger partial charge is 0.494 e. The molecular formula is C15H24N2O. The average molecular weight is 248 g/mol. The number of hydrogen-bond donors (Lipinski definition) is 1. The summed E-state index contributed by atoms with van der Waals surface area (Å²) < 4.78 is 5.44. The molecule has 0 bridgehead atoms. The van der Waals surface area contributed by atoms with Gasteiger partial charge in [-0.3, -0.25) is 0 Å². The monoisotopic (exact) mass is 248 g/mol. The highest BCUT2D eigenvalue weighted by Gasteiger charge is 2.17. The number of ether oxygens (including phenoxy) is 1. The lowest BCUT2D eigenvalue weighted by atomic mass is 10.0. The zero-order chi connectivity index (χ0) is 12.8. The molecule has 0 aromatic heterocycles. The average Bonchev–Trinajstić information content (AvgIpc) is 2.33. The van der Waals surface area contributed by atoms with Crippen LogP contribution in [-0.2, 0) is 6.42 Å². The van der Waals surface area contributed by atoms with Gasteiger partial charge in [0.05, 0.1) is 6.61 Å². The van der Waals surface area contributed by atoms with Gasteiger partial charge in [0, 0.05) is 26.2 Å². The van der Waals surface area contributed by atoms with E-state index < -0.39 is 0 Å². The Labute approximate surface area is 110 Å². The van der Waals surface area contributed by atoms with E-state index in [1.54, 1.807) is 0 Å². The van der Waals surface area contributed by atoms with Gasteiger partial charge in [-0.1, -0.05) is 12.1 Å². The first-order chi connectivity index (χ1) is 8.78. The van der Waals surface area contributed by atoms with E-state index >= 15 is 0 Å². The molecule has 1 saturated heterocycles. The van der Waals surface area contributed by atoms with Gasteiger partial charge in [-0.2, -0.15) is 0 Å². The van der Waals surface area contributed by atoms with Gasteiger partial charge in [-0.15, -0.1) is 0 Å². The molecule has 2 rings (SSSR count). The van der Waals surface area contributed by atoms with Crippen LogP contribution >= 0.6 is 0 Å². The summed E-state index contributed by atoms with van der Waals surface area (Å²) in [5.41, 5.74) is 1.39. The van der Waals surface area contributed by atoms with Crippen LogP contribution in [0.4, 0.5) is 0 Å². The summed E-state index contributed by atoms with van der Waals surface area (Å²) in [5.74, 6) is 1.82. The maximum absolute atomic E-state index is 5.44. The predicted molar refractivity (Wildman–Crippen MR) is 75.2 cm³/mol. The molecule has 0 saturated carbocycles. The van der Waals surface area contributed by atoms with Gasteiger partial charge < -0.3 is 15.0 Å². The van der Waals surface area contributed by atoms with Gasteiger partial charge in [0.1, 0.15) is 5.75 Å². The van der Waals surface area contributed by atoms with E-state index in [1.807, 2.05) is 6.92 Å². The van der Waals surface area contributed by atoms with Crippen molar-refractivity contribution < 1.29 is 4.74 Å². The molecular weight excluding hydrogens is 224 g/mol. The molecule has 0 radical (unpaired) electrons. The van der Waals surface area contributed by atoms with Gasteiger partial charge in [0.2, 0.25) is 0 Å². The van der Waals surface area contributed by atoms with Crippen molar-refractivity contribution in [2.24, 2.45) is 5.92 Å². The molecule has 0 spiro atoms. The fourth-order valence-corrected chi connectivity index (χ4v) is 2.25. The van der Waals surface area contributed by atoms with Crippen LogP contribution in [0.3, 0.4) is 0 Å². The lowest BCUT2D eigenvalue weighted by Crippen LogP contribution is -2.47. The lowest BCUT2D eigenvalue weighted by Gasteiger charge is -2.31. The van der Waals surface area contributed by atoms with Crippen molar-refractivity contribution in [2.45, 2.75) is 13.3 Å². The smallest absolute Gasteiger partial charge is 0.119 e. The van der Waals surface area contributed by atoms with E-state index in [2.05, 4.69) is 41.5 Å². The Hall–Kier alpha value is -1.06. The normalized spacial score (nSPS) is 15.7. The molecule has 18 heavy (non-hydrogen) atoms. The summed E-state index contributed by atoms with van der Waals surface area (Å²) in [5, 5.41) is 3.32. The van der Waals surface area contributed by atoms with Crippen LogP contribution in [0.25, 0.3) is 0 Å². The van der Waals surface area contributed by atoms with Gasteiger partial charge >= 0.3 is 0 Å². The molecule has 0 atom stereocenters. The highest BCUT2D eigenvalue weighted by atomic mass is 16.5. The van der Waals surface area contributed by atoms with Crippen LogP contribution in [0.15, 0.2) is 24.3 Å². The number of nitrogens with zero attached hydrogens (tertiary/aromatic N) is 1. The van der Waals surface area contributed by atoms with Crippen molar-refractivity contribution in [1.29, 1.82) is 0 Å².